The quantitative estimate of drug-likeness (QED) is 0.659. The molecule has 7 nitrogen and oxygen atoms in total. The summed E-state index contributed by atoms with van der Waals surface area (Å²) < 4.78 is 0.566. The van der Waals surface area contributed by atoms with Crippen molar-refractivity contribution in [1.29, 1.82) is 0 Å². The second-order valence-corrected chi connectivity index (χ2v) is 7.24. The van der Waals surface area contributed by atoms with Crippen LogP contribution in [0.2, 0.25) is 0 Å². The highest BCUT2D eigenvalue weighted by atomic mass is 79.9. The molecule has 0 fully saturated rings. The van der Waals surface area contributed by atoms with E-state index in [0.29, 0.717) is 17.4 Å². The van der Waals surface area contributed by atoms with Gasteiger partial charge in [0, 0.05) is 16.6 Å². The Bertz CT molecular complexity index is 1000. The molecule has 0 saturated heterocycles. The van der Waals surface area contributed by atoms with Crippen molar-refractivity contribution in [2.45, 2.75) is 19.8 Å². The summed E-state index contributed by atoms with van der Waals surface area (Å²) >= 11 is 3.20. The lowest BCUT2D eigenvalue weighted by molar-refractivity contribution is 0.0648. The maximum absolute atomic E-state index is 12.6. The number of hydrogen-bond acceptors (Lipinski definition) is 4. The molecule has 0 aliphatic carbocycles. The van der Waals surface area contributed by atoms with Gasteiger partial charge in [-0.05, 0) is 42.8 Å². The van der Waals surface area contributed by atoms with Crippen LogP contribution in [0.3, 0.4) is 0 Å². The molecular weight excluding hydrogens is 428 g/mol. The number of carbonyl (C=O) groups excluding carboxylic acids is 3. The number of carbonyl (C=O) groups is 4. The summed E-state index contributed by atoms with van der Waals surface area (Å²) in [7, 11) is 0. The van der Waals surface area contributed by atoms with E-state index in [1.54, 1.807) is 6.07 Å². The van der Waals surface area contributed by atoms with Crippen molar-refractivity contribution >= 4 is 45.3 Å². The first-order chi connectivity index (χ1) is 13.3. The average molecular weight is 445 g/mol. The third kappa shape index (κ3) is 3.68. The summed E-state index contributed by atoms with van der Waals surface area (Å²) in [6.45, 7) is 2.30. The smallest absolute Gasteiger partial charge is 0.337 e. The summed E-state index contributed by atoms with van der Waals surface area (Å²) in [5, 5.41) is 11.9. The van der Waals surface area contributed by atoms with E-state index in [9.17, 15) is 24.3 Å². The van der Waals surface area contributed by atoms with E-state index >= 15 is 0 Å². The molecule has 0 unspecified atom stereocenters. The van der Waals surface area contributed by atoms with Crippen LogP contribution in [0.1, 0.15) is 61.2 Å². The van der Waals surface area contributed by atoms with E-state index in [-0.39, 0.29) is 33.8 Å². The molecule has 0 atom stereocenters. The Morgan fingerprint density at radius 1 is 1.07 bits per heavy atom. The Morgan fingerprint density at radius 2 is 1.79 bits per heavy atom. The number of unbranched alkanes of at least 4 members (excludes halogenated alkanes) is 1. The van der Waals surface area contributed by atoms with Crippen LogP contribution in [0.15, 0.2) is 40.9 Å². The first-order valence-electron chi connectivity index (χ1n) is 8.68. The third-order valence-electron chi connectivity index (χ3n) is 4.43. The molecule has 2 aromatic carbocycles. The minimum Gasteiger partial charge on any atom is -0.478 e. The summed E-state index contributed by atoms with van der Waals surface area (Å²) in [5.74, 6) is -2.53. The van der Waals surface area contributed by atoms with Gasteiger partial charge in [-0.2, -0.15) is 0 Å². The van der Waals surface area contributed by atoms with Crippen molar-refractivity contribution < 1.29 is 24.3 Å². The highest BCUT2D eigenvalue weighted by molar-refractivity contribution is 9.10. The number of amides is 3. The normalized spacial score (nSPS) is 12.9. The molecule has 1 aliphatic rings. The zero-order valence-corrected chi connectivity index (χ0v) is 16.6. The molecule has 144 valence electrons. The largest absolute Gasteiger partial charge is 0.478 e. The van der Waals surface area contributed by atoms with Crippen LogP contribution in [-0.4, -0.2) is 40.2 Å². The minimum atomic E-state index is -1.18. The van der Waals surface area contributed by atoms with E-state index in [1.165, 1.54) is 35.2 Å². The number of fused-ring (bicyclic) bond motifs is 1. The van der Waals surface area contributed by atoms with Gasteiger partial charge in [-0.1, -0.05) is 29.3 Å². The van der Waals surface area contributed by atoms with Gasteiger partial charge in [-0.15, -0.1) is 0 Å². The van der Waals surface area contributed by atoms with E-state index in [0.717, 1.165) is 6.42 Å². The molecule has 0 saturated carbocycles. The summed E-state index contributed by atoms with van der Waals surface area (Å²) in [6, 6.07) is 8.74. The Labute approximate surface area is 169 Å². The van der Waals surface area contributed by atoms with E-state index in [4.69, 9.17) is 0 Å². The van der Waals surface area contributed by atoms with Gasteiger partial charge in [0.25, 0.3) is 17.7 Å². The van der Waals surface area contributed by atoms with Gasteiger partial charge < -0.3 is 10.4 Å². The second-order valence-electron chi connectivity index (χ2n) is 6.33. The molecular formula is C20H17BrN2O5. The Hall–Kier alpha value is -3.00. The molecule has 0 radical (unpaired) electrons. The fourth-order valence-corrected chi connectivity index (χ4v) is 3.31. The van der Waals surface area contributed by atoms with Crippen LogP contribution in [0.25, 0.3) is 0 Å². The first-order valence-corrected chi connectivity index (χ1v) is 9.47. The van der Waals surface area contributed by atoms with Crippen LogP contribution >= 0.6 is 15.9 Å². The van der Waals surface area contributed by atoms with Crippen molar-refractivity contribution in [3.05, 3.63) is 63.1 Å². The molecule has 0 aromatic heterocycles. The Morgan fingerprint density at radius 3 is 2.46 bits per heavy atom. The molecule has 0 spiro atoms. The van der Waals surface area contributed by atoms with Crippen LogP contribution in [0, 0.1) is 0 Å². The number of imide groups is 1. The van der Waals surface area contributed by atoms with E-state index < -0.39 is 17.8 Å². The molecule has 2 N–H and O–H groups in total. The number of carboxylic acid groups (broad SMARTS) is 1. The number of rotatable bonds is 6. The van der Waals surface area contributed by atoms with Crippen molar-refractivity contribution in [1.82, 2.24) is 4.90 Å². The van der Waals surface area contributed by atoms with E-state index in [2.05, 4.69) is 21.2 Å². The van der Waals surface area contributed by atoms with Gasteiger partial charge in [0.15, 0.2) is 0 Å². The second kappa shape index (κ2) is 7.93. The van der Waals surface area contributed by atoms with E-state index in [1.807, 2.05) is 6.92 Å². The maximum Gasteiger partial charge on any atom is 0.337 e. The number of aromatic carboxylic acids is 1. The first kappa shape index (κ1) is 19.8. The van der Waals surface area contributed by atoms with Crippen LogP contribution in [-0.2, 0) is 0 Å². The van der Waals surface area contributed by atoms with Crippen LogP contribution < -0.4 is 5.32 Å². The molecule has 1 heterocycles. The summed E-state index contributed by atoms with van der Waals surface area (Å²) in [5.41, 5.74) is 0.682. The Balaban J connectivity index is 1.87. The topological polar surface area (TPSA) is 104 Å². The molecule has 0 bridgehead atoms. The number of carboxylic acids is 1. The van der Waals surface area contributed by atoms with Crippen molar-refractivity contribution in [2.24, 2.45) is 0 Å². The summed E-state index contributed by atoms with van der Waals surface area (Å²) in [6.07, 6.45) is 1.56. The number of nitrogens with one attached hydrogen (secondary N) is 1. The highest BCUT2D eigenvalue weighted by Crippen LogP contribution is 2.26. The highest BCUT2D eigenvalue weighted by Gasteiger charge is 2.35. The zero-order valence-electron chi connectivity index (χ0n) is 15.0. The van der Waals surface area contributed by atoms with Gasteiger partial charge in [0.2, 0.25) is 0 Å². The number of halogens is 1. The van der Waals surface area contributed by atoms with Gasteiger partial charge in [0.05, 0.1) is 22.4 Å². The van der Waals surface area contributed by atoms with Crippen LogP contribution in [0.4, 0.5) is 5.69 Å². The molecule has 2 aromatic rings. The van der Waals surface area contributed by atoms with Crippen molar-refractivity contribution in [2.75, 3.05) is 11.9 Å². The van der Waals surface area contributed by atoms with Gasteiger partial charge in [-0.25, -0.2) is 4.79 Å². The zero-order chi connectivity index (χ0) is 20.4. The lowest BCUT2D eigenvalue weighted by Crippen LogP contribution is -2.30. The maximum atomic E-state index is 12.6. The predicted octanol–water partition coefficient (Wildman–Crippen LogP) is 3.80. The average Bonchev–Trinajstić information content (AvgIpc) is 2.91. The minimum absolute atomic E-state index is 0.0686. The fraction of sp³-hybridized carbons (Fsp3) is 0.200. The lowest BCUT2D eigenvalue weighted by Gasteiger charge is -2.12. The Kier molecular flexibility index (Phi) is 5.60. The van der Waals surface area contributed by atoms with Gasteiger partial charge >= 0.3 is 5.97 Å². The molecule has 8 heteroatoms. The van der Waals surface area contributed by atoms with Crippen LogP contribution in [0.5, 0.6) is 0 Å². The standard InChI is InChI=1S/C20H17BrN2O5/c1-2-3-8-23-18(25)13-6-4-11(9-14(13)19(23)26)17(24)22-16-7-5-12(21)10-15(16)20(27)28/h4-7,9-10H,2-3,8H2,1H3,(H,22,24)(H,27,28). The molecule has 3 rings (SSSR count). The fourth-order valence-electron chi connectivity index (χ4n) is 2.95. The lowest BCUT2D eigenvalue weighted by atomic mass is 10.0. The number of benzene rings is 2. The third-order valence-corrected chi connectivity index (χ3v) is 4.92. The number of hydrogen-bond donors (Lipinski definition) is 2. The number of anilines is 1. The SMILES string of the molecule is CCCCN1C(=O)c2ccc(C(=O)Nc3ccc(Br)cc3C(=O)O)cc2C1=O. The van der Waals surface area contributed by atoms with Gasteiger partial charge in [-0.3, -0.25) is 19.3 Å². The molecule has 3 amide bonds. The van der Waals surface area contributed by atoms with Crippen molar-refractivity contribution in [3.8, 4) is 0 Å². The monoisotopic (exact) mass is 444 g/mol. The molecule has 1 aliphatic heterocycles. The number of nitrogens with zero attached hydrogens (tertiary/aromatic N) is 1. The summed E-state index contributed by atoms with van der Waals surface area (Å²) in [4.78, 5) is 50.1. The predicted molar refractivity (Wildman–Crippen MR) is 106 cm³/mol. The van der Waals surface area contributed by atoms with Crippen molar-refractivity contribution in [3.63, 3.8) is 0 Å². The van der Waals surface area contributed by atoms with Gasteiger partial charge in [0.1, 0.15) is 0 Å². The molecule has 28 heavy (non-hydrogen) atoms.